The highest BCUT2D eigenvalue weighted by Gasteiger charge is 2.28. The molecule has 5 nitrogen and oxygen atoms in total. The molecular formula is C12H19N3O2. The van der Waals surface area contributed by atoms with Crippen molar-refractivity contribution in [3.63, 3.8) is 0 Å². The van der Waals surface area contributed by atoms with E-state index in [1.165, 1.54) is 12.8 Å². The largest absolute Gasteiger partial charge is 0.481 e. The number of imidazole rings is 1. The van der Waals surface area contributed by atoms with Gasteiger partial charge in [0.05, 0.1) is 12.0 Å². The van der Waals surface area contributed by atoms with Crippen LogP contribution in [0.15, 0.2) is 12.4 Å². The highest BCUT2D eigenvalue weighted by molar-refractivity contribution is 5.73. The van der Waals surface area contributed by atoms with Gasteiger partial charge in [-0.2, -0.15) is 0 Å². The second-order valence-corrected chi connectivity index (χ2v) is 5.32. The van der Waals surface area contributed by atoms with Crippen molar-refractivity contribution < 1.29 is 9.90 Å². The number of carboxylic acids is 1. The molecule has 0 spiro atoms. The summed E-state index contributed by atoms with van der Waals surface area (Å²) in [4.78, 5) is 15.4. The summed E-state index contributed by atoms with van der Waals surface area (Å²) in [5.74, 6) is 0.124. The molecule has 1 fully saturated rings. The number of carboxylic acid groups (broad SMARTS) is 1. The molecule has 0 aliphatic heterocycles. The Balaban J connectivity index is 1.99. The highest BCUT2D eigenvalue weighted by Crippen LogP contribution is 2.21. The minimum atomic E-state index is -0.785. The van der Waals surface area contributed by atoms with Gasteiger partial charge in [0.1, 0.15) is 5.82 Å². The fourth-order valence-corrected chi connectivity index (χ4v) is 1.67. The lowest BCUT2D eigenvalue weighted by molar-refractivity contribution is -0.147. The predicted molar refractivity (Wildman–Crippen MR) is 63.5 cm³/mol. The maximum absolute atomic E-state index is 11.1. The van der Waals surface area contributed by atoms with Crippen LogP contribution in [0.4, 0.5) is 0 Å². The Bertz CT molecular complexity index is 408. The molecule has 0 radical (unpaired) electrons. The van der Waals surface area contributed by atoms with E-state index in [9.17, 15) is 4.79 Å². The third-order valence-corrected chi connectivity index (χ3v) is 3.07. The number of rotatable bonds is 6. The SMILES string of the molecule is CC(C)(Cn1ccnc1CNC1CC1)C(=O)O. The van der Waals surface area contributed by atoms with Crippen LogP contribution in [0.1, 0.15) is 32.5 Å². The zero-order valence-corrected chi connectivity index (χ0v) is 10.3. The molecular weight excluding hydrogens is 218 g/mol. The van der Waals surface area contributed by atoms with Gasteiger partial charge in [0.15, 0.2) is 0 Å². The van der Waals surface area contributed by atoms with Crippen molar-refractivity contribution in [1.29, 1.82) is 0 Å². The predicted octanol–water partition coefficient (Wildman–Crippen LogP) is 1.25. The lowest BCUT2D eigenvalue weighted by Crippen LogP contribution is -2.30. The zero-order chi connectivity index (χ0) is 12.5. The molecule has 94 valence electrons. The number of nitrogens with zero attached hydrogens (tertiary/aromatic N) is 2. The van der Waals surface area contributed by atoms with Crippen LogP contribution in [-0.4, -0.2) is 26.7 Å². The second kappa shape index (κ2) is 4.49. The first-order valence-electron chi connectivity index (χ1n) is 5.96. The highest BCUT2D eigenvalue weighted by atomic mass is 16.4. The maximum Gasteiger partial charge on any atom is 0.310 e. The Morgan fingerprint density at radius 1 is 1.65 bits per heavy atom. The fraction of sp³-hybridized carbons (Fsp3) is 0.667. The lowest BCUT2D eigenvalue weighted by atomic mass is 9.94. The maximum atomic E-state index is 11.1. The van der Waals surface area contributed by atoms with Crippen LogP contribution in [-0.2, 0) is 17.9 Å². The number of hydrogen-bond donors (Lipinski definition) is 2. The number of aromatic nitrogens is 2. The van der Waals surface area contributed by atoms with E-state index >= 15 is 0 Å². The Labute approximate surface area is 101 Å². The van der Waals surface area contributed by atoms with Crippen molar-refractivity contribution in [2.75, 3.05) is 0 Å². The van der Waals surface area contributed by atoms with E-state index < -0.39 is 11.4 Å². The monoisotopic (exact) mass is 237 g/mol. The third kappa shape index (κ3) is 3.06. The fourth-order valence-electron chi connectivity index (χ4n) is 1.67. The molecule has 0 aromatic carbocycles. The van der Waals surface area contributed by atoms with Gasteiger partial charge in [0.2, 0.25) is 0 Å². The van der Waals surface area contributed by atoms with E-state index in [0.717, 1.165) is 5.82 Å². The van der Waals surface area contributed by atoms with Gasteiger partial charge in [-0.1, -0.05) is 0 Å². The number of hydrogen-bond acceptors (Lipinski definition) is 3. The normalized spacial score (nSPS) is 16.1. The smallest absolute Gasteiger partial charge is 0.310 e. The van der Waals surface area contributed by atoms with Gasteiger partial charge < -0.3 is 15.0 Å². The minimum Gasteiger partial charge on any atom is -0.481 e. The van der Waals surface area contributed by atoms with Gasteiger partial charge in [-0.3, -0.25) is 4.79 Å². The van der Waals surface area contributed by atoms with E-state index in [2.05, 4.69) is 10.3 Å². The molecule has 1 heterocycles. The van der Waals surface area contributed by atoms with Gasteiger partial charge in [0.25, 0.3) is 0 Å². The van der Waals surface area contributed by atoms with Crippen LogP contribution < -0.4 is 5.32 Å². The van der Waals surface area contributed by atoms with Gasteiger partial charge in [0, 0.05) is 25.0 Å². The van der Waals surface area contributed by atoms with E-state index in [-0.39, 0.29) is 0 Å². The first-order chi connectivity index (χ1) is 7.99. The Hall–Kier alpha value is -1.36. The molecule has 1 aliphatic rings. The van der Waals surface area contributed by atoms with E-state index in [0.29, 0.717) is 19.1 Å². The average molecular weight is 237 g/mol. The molecule has 0 bridgehead atoms. The van der Waals surface area contributed by atoms with Gasteiger partial charge in [-0.15, -0.1) is 0 Å². The summed E-state index contributed by atoms with van der Waals surface area (Å²) < 4.78 is 1.92. The molecule has 2 N–H and O–H groups in total. The lowest BCUT2D eigenvalue weighted by Gasteiger charge is -2.21. The van der Waals surface area contributed by atoms with Crippen LogP contribution in [0.3, 0.4) is 0 Å². The molecule has 1 aliphatic carbocycles. The van der Waals surface area contributed by atoms with Crippen LogP contribution in [0.5, 0.6) is 0 Å². The summed E-state index contributed by atoms with van der Waals surface area (Å²) in [6.07, 6.45) is 6.04. The van der Waals surface area contributed by atoms with Crippen LogP contribution in [0.2, 0.25) is 0 Å². The first kappa shape index (κ1) is 12.1. The topological polar surface area (TPSA) is 67.2 Å². The van der Waals surface area contributed by atoms with Crippen molar-refractivity contribution in [1.82, 2.24) is 14.9 Å². The number of aliphatic carboxylic acids is 1. The van der Waals surface area contributed by atoms with Gasteiger partial charge >= 0.3 is 5.97 Å². The van der Waals surface area contributed by atoms with Crippen molar-refractivity contribution in [3.05, 3.63) is 18.2 Å². The van der Waals surface area contributed by atoms with Crippen molar-refractivity contribution in [2.45, 2.75) is 45.8 Å². The molecule has 0 atom stereocenters. The molecule has 0 unspecified atom stereocenters. The molecule has 1 saturated carbocycles. The van der Waals surface area contributed by atoms with Crippen molar-refractivity contribution in [2.24, 2.45) is 5.41 Å². The molecule has 2 rings (SSSR count). The molecule has 17 heavy (non-hydrogen) atoms. The van der Waals surface area contributed by atoms with Crippen LogP contribution in [0.25, 0.3) is 0 Å². The second-order valence-electron chi connectivity index (χ2n) is 5.32. The van der Waals surface area contributed by atoms with Gasteiger partial charge in [-0.05, 0) is 26.7 Å². The summed E-state index contributed by atoms with van der Waals surface area (Å²) in [6, 6.07) is 0.632. The minimum absolute atomic E-state index is 0.448. The Morgan fingerprint density at radius 3 is 2.94 bits per heavy atom. The quantitative estimate of drug-likeness (QED) is 0.781. The molecule has 0 amide bonds. The van der Waals surface area contributed by atoms with E-state index in [1.54, 1.807) is 20.0 Å². The molecule has 5 heteroatoms. The number of nitrogens with one attached hydrogen (secondary N) is 1. The Kier molecular flexibility index (Phi) is 3.19. The summed E-state index contributed by atoms with van der Waals surface area (Å²) in [5, 5.41) is 12.5. The van der Waals surface area contributed by atoms with Crippen molar-refractivity contribution in [3.8, 4) is 0 Å². The average Bonchev–Trinajstić information content (AvgIpc) is 2.97. The summed E-state index contributed by atoms with van der Waals surface area (Å²) >= 11 is 0. The van der Waals surface area contributed by atoms with Crippen molar-refractivity contribution >= 4 is 5.97 Å². The molecule has 1 aromatic heterocycles. The summed E-state index contributed by atoms with van der Waals surface area (Å²) in [7, 11) is 0. The standard InChI is InChI=1S/C12H19N3O2/c1-12(2,11(16)17)8-15-6-5-13-10(15)7-14-9-3-4-9/h5-6,9,14H,3-4,7-8H2,1-2H3,(H,16,17). The van der Waals surface area contributed by atoms with Gasteiger partial charge in [-0.25, -0.2) is 4.98 Å². The van der Waals surface area contributed by atoms with Crippen LogP contribution in [0, 0.1) is 5.41 Å². The number of carbonyl (C=O) groups is 1. The third-order valence-electron chi connectivity index (χ3n) is 3.07. The molecule has 0 saturated heterocycles. The zero-order valence-electron chi connectivity index (χ0n) is 10.3. The summed E-state index contributed by atoms with van der Waals surface area (Å²) in [6.45, 7) is 4.62. The van der Waals surface area contributed by atoms with Crippen LogP contribution >= 0.6 is 0 Å². The first-order valence-corrected chi connectivity index (χ1v) is 5.96. The molecule has 1 aromatic rings. The Morgan fingerprint density at radius 2 is 2.35 bits per heavy atom. The van der Waals surface area contributed by atoms with E-state index in [1.807, 2.05) is 10.8 Å². The van der Waals surface area contributed by atoms with E-state index in [4.69, 9.17) is 5.11 Å². The summed E-state index contributed by atoms with van der Waals surface area (Å²) in [5.41, 5.74) is -0.769.